The number of hydrogen-bond acceptors (Lipinski definition) is 6. The Morgan fingerprint density at radius 2 is 1.26 bits per heavy atom. The van der Waals surface area contributed by atoms with Crippen molar-refractivity contribution in [2.45, 2.75) is 60.7 Å². The van der Waals surface area contributed by atoms with Crippen LogP contribution in [0.3, 0.4) is 0 Å². The van der Waals surface area contributed by atoms with Gasteiger partial charge in [0.05, 0.1) is 25.8 Å². The maximum Gasteiger partial charge on any atom is 0.246 e. The molecular weight excluding hydrogens is 523 g/mol. The zero-order valence-electron chi connectivity index (χ0n) is 23.6. The molecule has 0 bridgehead atoms. The second-order valence-electron chi connectivity index (χ2n) is 10.2. The van der Waals surface area contributed by atoms with E-state index >= 15 is 4.57 Å². The largest absolute Gasteiger partial charge is 0.496 e. The quantitative estimate of drug-likeness (QED) is 0.293. The van der Waals surface area contributed by atoms with Crippen LogP contribution in [0.5, 0.6) is 28.7 Å². The third-order valence-electron chi connectivity index (χ3n) is 6.64. The fraction of sp³-hybridized carbons (Fsp3) is 0.400. The lowest BCUT2D eigenvalue weighted by molar-refractivity contribution is -0.0440. The molecule has 204 valence electrons. The highest BCUT2D eigenvalue weighted by molar-refractivity contribution is 7.85. The monoisotopic (exact) mass is 558 g/mol. The highest BCUT2D eigenvalue weighted by Crippen LogP contribution is 2.55. The van der Waals surface area contributed by atoms with Crippen molar-refractivity contribution >= 4 is 34.7 Å². The number of ether oxygens (including phenoxy) is 5. The molecule has 1 heterocycles. The number of hydrogen-bond donors (Lipinski definition) is 0. The summed E-state index contributed by atoms with van der Waals surface area (Å²) >= 11 is 7.07. The Morgan fingerprint density at radius 1 is 0.816 bits per heavy atom. The molecule has 0 aliphatic carbocycles. The molecule has 6 nitrogen and oxygen atoms in total. The first kappa shape index (κ1) is 28.2. The van der Waals surface area contributed by atoms with E-state index in [0.29, 0.717) is 39.8 Å². The van der Waals surface area contributed by atoms with Gasteiger partial charge in [-0.15, -0.1) is 0 Å². The summed E-state index contributed by atoms with van der Waals surface area (Å²) in [4.78, 5) is 0. The summed E-state index contributed by atoms with van der Waals surface area (Å²) in [6.45, 7) is 13.9. The van der Waals surface area contributed by atoms with Crippen molar-refractivity contribution in [3.05, 3.63) is 57.6 Å². The number of rotatable bonds is 8. The fourth-order valence-corrected chi connectivity index (χ4v) is 8.69. The first-order valence-corrected chi connectivity index (χ1v) is 14.8. The molecule has 3 aromatic carbocycles. The predicted molar refractivity (Wildman–Crippen MR) is 154 cm³/mol. The van der Waals surface area contributed by atoms with Crippen LogP contribution in [-0.2, 0) is 4.57 Å². The molecule has 38 heavy (non-hydrogen) atoms. The van der Waals surface area contributed by atoms with Crippen molar-refractivity contribution in [1.29, 1.82) is 0 Å². The Hall–Kier alpha value is -2.82. The van der Waals surface area contributed by atoms with Gasteiger partial charge in [-0.05, 0) is 86.7 Å². The summed E-state index contributed by atoms with van der Waals surface area (Å²) in [5.74, 6) is 1.79. The molecule has 0 saturated heterocycles. The summed E-state index contributed by atoms with van der Waals surface area (Å²) < 4.78 is 45.2. The standard InChI is InChI=1S/C30H36ClO6P/c1-10-11-35-23-16-24(25(31)29-28(23)36-30(6,7)37-29)38(32,21-12-17(2)26(33-8)18(3)13-21)22-14-19(4)27(34-9)20(5)15-22/h12-16H,10-11H2,1-9H3. The fourth-order valence-electron chi connectivity index (χ4n) is 5.12. The summed E-state index contributed by atoms with van der Waals surface area (Å²) in [6, 6.07) is 9.42. The van der Waals surface area contributed by atoms with Gasteiger partial charge in [0.25, 0.3) is 0 Å². The lowest BCUT2D eigenvalue weighted by Crippen LogP contribution is -2.30. The second kappa shape index (κ2) is 10.4. The van der Waals surface area contributed by atoms with Crippen molar-refractivity contribution in [1.82, 2.24) is 0 Å². The van der Waals surface area contributed by atoms with E-state index in [1.807, 2.05) is 58.9 Å². The van der Waals surface area contributed by atoms with Crippen LogP contribution in [0, 0.1) is 27.7 Å². The lowest BCUT2D eigenvalue weighted by atomic mass is 10.1. The molecule has 0 amide bonds. The second-order valence-corrected chi connectivity index (χ2v) is 13.3. The summed E-state index contributed by atoms with van der Waals surface area (Å²) in [6.07, 6.45) is 0.794. The van der Waals surface area contributed by atoms with Crippen LogP contribution in [0.4, 0.5) is 0 Å². The molecule has 1 aliphatic heterocycles. The molecule has 0 spiro atoms. The third kappa shape index (κ3) is 4.74. The number of benzene rings is 3. The van der Waals surface area contributed by atoms with Gasteiger partial charge in [-0.3, -0.25) is 0 Å². The van der Waals surface area contributed by atoms with Gasteiger partial charge in [0.1, 0.15) is 11.5 Å². The minimum absolute atomic E-state index is 0.245. The Bertz CT molecular complexity index is 1340. The van der Waals surface area contributed by atoms with Gasteiger partial charge in [-0.1, -0.05) is 18.5 Å². The Balaban J connectivity index is 2.10. The number of fused-ring (bicyclic) bond motifs is 1. The summed E-state index contributed by atoms with van der Waals surface area (Å²) in [7, 11) is -0.299. The predicted octanol–water partition coefficient (Wildman–Crippen LogP) is 6.53. The molecule has 3 aromatic rings. The number of methoxy groups -OCH3 is 2. The molecule has 0 atom stereocenters. The lowest BCUT2D eigenvalue weighted by Gasteiger charge is -2.25. The Morgan fingerprint density at radius 3 is 1.68 bits per heavy atom. The van der Waals surface area contributed by atoms with E-state index in [4.69, 9.17) is 35.3 Å². The molecular formula is C30H36ClO6P. The van der Waals surface area contributed by atoms with Gasteiger partial charge in [0.15, 0.2) is 18.6 Å². The minimum atomic E-state index is -3.57. The van der Waals surface area contributed by atoms with Crippen LogP contribution in [-0.4, -0.2) is 26.6 Å². The van der Waals surface area contributed by atoms with E-state index in [9.17, 15) is 0 Å². The maximum absolute atomic E-state index is 15.7. The third-order valence-corrected chi connectivity index (χ3v) is 10.2. The molecule has 4 rings (SSSR count). The minimum Gasteiger partial charge on any atom is -0.496 e. The van der Waals surface area contributed by atoms with Crippen LogP contribution in [0.2, 0.25) is 5.02 Å². The first-order chi connectivity index (χ1) is 17.9. The molecule has 0 fully saturated rings. The SMILES string of the molecule is CCCOc1cc(P(=O)(c2cc(C)c(OC)c(C)c2)c2cc(C)c(OC)c(C)c2)c(Cl)c2c1OC(C)(C)O2. The molecule has 0 aromatic heterocycles. The average Bonchev–Trinajstić information content (AvgIpc) is 3.18. The highest BCUT2D eigenvalue weighted by atomic mass is 35.5. The van der Waals surface area contributed by atoms with Gasteiger partial charge in [0.2, 0.25) is 11.5 Å². The van der Waals surface area contributed by atoms with E-state index in [1.54, 1.807) is 34.1 Å². The van der Waals surface area contributed by atoms with Crippen LogP contribution in [0.25, 0.3) is 0 Å². The van der Waals surface area contributed by atoms with Gasteiger partial charge in [-0.25, -0.2) is 0 Å². The van der Waals surface area contributed by atoms with E-state index in [2.05, 4.69) is 0 Å². The molecule has 8 heteroatoms. The topological polar surface area (TPSA) is 63.2 Å². The van der Waals surface area contributed by atoms with E-state index < -0.39 is 12.9 Å². The van der Waals surface area contributed by atoms with E-state index in [-0.39, 0.29) is 5.02 Å². The first-order valence-electron chi connectivity index (χ1n) is 12.7. The van der Waals surface area contributed by atoms with Crippen molar-refractivity contribution in [3.8, 4) is 28.7 Å². The molecule has 0 radical (unpaired) electrons. The van der Waals surface area contributed by atoms with Gasteiger partial charge >= 0.3 is 0 Å². The molecule has 0 saturated carbocycles. The Kier molecular flexibility index (Phi) is 7.71. The van der Waals surface area contributed by atoms with Gasteiger partial charge in [0, 0.05) is 29.8 Å². The zero-order chi connectivity index (χ0) is 28.0. The summed E-state index contributed by atoms with van der Waals surface area (Å²) in [5, 5.41) is 1.95. The maximum atomic E-state index is 15.7. The number of aryl methyl sites for hydroxylation is 4. The van der Waals surface area contributed by atoms with Crippen LogP contribution < -0.4 is 39.6 Å². The van der Waals surface area contributed by atoms with E-state index in [1.165, 1.54) is 0 Å². The van der Waals surface area contributed by atoms with Crippen molar-refractivity contribution in [2.75, 3.05) is 20.8 Å². The zero-order valence-corrected chi connectivity index (χ0v) is 25.2. The van der Waals surface area contributed by atoms with Crippen molar-refractivity contribution in [3.63, 3.8) is 0 Å². The van der Waals surface area contributed by atoms with Crippen molar-refractivity contribution < 1.29 is 28.2 Å². The smallest absolute Gasteiger partial charge is 0.246 e. The van der Waals surface area contributed by atoms with Gasteiger partial charge in [-0.2, -0.15) is 0 Å². The summed E-state index contributed by atoms with van der Waals surface area (Å²) in [5.41, 5.74) is 3.52. The van der Waals surface area contributed by atoms with Crippen LogP contribution >= 0.6 is 18.7 Å². The highest BCUT2D eigenvalue weighted by Gasteiger charge is 2.42. The molecule has 0 N–H and O–H groups in total. The number of halogens is 1. The average molecular weight is 559 g/mol. The Labute approximate surface area is 230 Å². The van der Waals surface area contributed by atoms with Crippen LogP contribution in [0.1, 0.15) is 49.4 Å². The normalized spacial score (nSPS) is 13.9. The molecule has 1 aliphatic rings. The molecule has 0 unspecified atom stereocenters. The van der Waals surface area contributed by atoms with Crippen LogP contribution in [0.15, 0.2) is 30.3 Å². The van der Waals surface area contributed by atoms with Crippen molar-refractivity contribution in [2.24, 2.45) is 0 Å². The van der Waals surface area contributed by atoms with Gasteiger partial charge < -0.3 is 28.2 Å². The van der Waals surface area contributed by atoms with E-state index in [0.717, 1.165) is 40.2 Å².